The van der Waals surface area contributed by atoms with Crippen molar-refractivity contribution in [2.45, 2.75) is 36.5 Å². The number of thiazole rings is 1. The molecule has 3 heterocycles. The lowest BCUT2D eigenvalue weighted by molar-refractivity contribution is -0.123. The Kier molecular flexibility index (Phi) is 8.50. The molecule has 4 unspecified atom stereocenters. The molecule has 1 saturated heterocycles. The number of hydrogen-bond donors (Lipinski definition) is 2. The number of thioether (sulfide) groups is 1. The molecule has 7 atom stereocenters. The van der Waals surface area contributed by atoms with Crippen molar-refractivity contribution in [3.05, 3.63) is 98.0 Å². The van der Waals surface area contributed by atoms with Gasteiger partial charge in [-0.2, -0.15) is 0 Å². The molecule has 51 heavy (non-hydrogen) atoms. The first-order valence-electron chi connectivity index (χ1n) is 16.9. The van der Waals surface area contributed by atoms with Gasteiger partial charge in [0.1, 0.15) is 0 Å². The second-order valence-electron chi connectivity index (χ2n) is 13.4. The van der Waals surface area contributed by atoms with E-state index in [0.717, 1.165) is 27.5 Å². The predicted molar refractivity (Wildman–Crippen MR) is 192 cm³/mol. The van der Waals surface area contributed by atoms with Crippen molar-refractivity contribution in [3.8, 4) is 11.5 Å². The minimum Gasteiger partial charge on any atom is -0.493 e. The molecule has 3 aromatic carbocycles. The number of amides is 3. The molecule has 0 spiro atoms. The summed E-state index contributed by atoms with van der Waals surface area (Å²) in [4.78, 5) is 70.9. The first-order chi connectivity index (χ1) is 24.7. The summed E-state index contributed by atoms with van der Waals surface area (Å²) in [5.41, 5.74) is 3.40. The van der Waals surface area contributed by atoms with Crippen LogP contribution in [0, 0.1) is 36.5 Å². The maximum absolute atomic E-state index is 14.2. The van der Waals surface area contributed by atoms with E-state index in [1.165, 1.54) is 23.3 Å². The zero-order chi connectivity index (χ0) is 35.6. The Morgan fingerprint density at radius 2 is 1.73 bits per heavy atom. The molecule has 2 N–H and O–H groups in total. The van der Waals surface area contributed by atoms with E-state index in [-0.39, 0.29) is 64.7 Å². The Hall–Kier alpha value is -4.88. The summed E-state index contributed by atoms with van der Waals surface area (Å²) >= 11 is 2.79. The first kappa shape index (κ1) is 33.3. The van der Waals surface area contributed by atoms with Gasteiger partial charge in [0.05, 0.1) is 41.8 Å². The van der Waals surface area contributed by atoms with Gasteiger partial charge < -0.3 is 24.5 Å². The lowest BCUT2D eigenvalue weighted by atomic mass is 9.68. The van der Waals surface area contributed by atoms with Crippen LogP contribution in [-0.2, 0) is 19.1 Å². The summed E-state index contributed by atoms with van der Waals surface area (Å²) < 4.78 is 16.7. The fourth-order valence-electron chi connectivity index (χ4n) is 8.67. The molecule has 3 fully saturated rings. The lowest BCUT2D eigenvalue weighted by Gasteiger charge is -2.43. The van der Waals surface area contributed by atoms with E-state index in [2.05, 4.69) is 10.3 Å². The van der Waals surface area contributed by atoms with Crippen LogP contribution in [0.4, 0.5) is 11.4 Å². The number of benzene rings is 3. The molecule has 4 aromatic rings. The van der Waals surface area contributed by atoms with E-state index in [4.69, 9.17) is 14.2 Å². The Bertz CT molecular complexity index is 2130. The van der Waals surface area contributed by atoms with Crippen LogP contribution in [0.15, 0.2) is 76.6 Å². The summed E-state index contributed by atoms with van der Waals surface area (Å²) in [5, 5.41) is 3.66. The molecule has 1 aromatic heterocycles. The third-order valence-electron chi connectivity index (χ3n) is 10.6. The number of nitrogens with one attached hydrogen (secondary N) is 2. The largest absolute Gasteiger partial charge is 0.493 e. The van der Waals surface area contributed by atoms with E-state index in [1.54, 1.807) is 49.0 Å². The maximum atomic E-state index is 14.2. The normalized spacial score (nSPS) is 25.6. The van der Waals surface area contributed by atoms with Crippen molar-refractivity contribution in [3.63, 3.8) is 0 Å². The van der Waals surface area contributed by atoms with Crippen LogP contribution in [0.25, 0.3) is 0 Å². The number of imide groups is 1. The first-order valence-corrected chi connectivity index (χ1v) is 18.6. The van der Waals surface area contributed by atoms with Gasteiger partial charge in [0.15, 0.2) is 18.1 Å². The third-order valence-corrected chi connectivity index (χ3v) is 13.2. The molecular weight excluding hydrogens is 691 g/mol. The molecule has 2 bridgehead atoms. The highest BCUT2D eigenvalue weighted by molar-refractivity contribution is 8.00. The van der Waals surface area contributed by atoms with Gasteiger partial charge in [-0.15, -0.1) is 11.8 Å². The number of esters is 1. The van der Waals surface area contributed by atoms with Crippen molar-refractivity contribution in [2.75, 3.05) is 30.5 Å². The number of ether oxygens (including phenoxy) is 3. The molecule has 262 valence electrons. The molecular formula is C38H35N3O8S2. The average Bonchev–Trinajstić information content (AvgIpc) is 3.86. The number of carbonyl (C=O) groups excluding carboxylic acids is 4. The number of rotatable bonds is 9. The molecule has 8 rings (SSSR count). The number of hydrogen-bond acceptors (Lipinski definition) is 10. The highest BCUT2D eigenvalue weighted by atomic mass is 32.2. The van der Waals surface area contributed by atoms with E-state index >= 15 is 0 Å². The molecule has 13 heteroatoms. The number of fused-ring (bicyclic) bond motifs is 9. The Morgan fingerprint density at radius 1 is 0.961 bits per heavy atom. The quantitative estimate of drug-likeness (QED) is 0.166. The van der Waals surface area contributed by atoms with Crippen molar-refractivity contribution in [1.29, 1.82) is 0 Å². The van der Waals surface area contributed by atoms with Crippen LogP contribution >= 0.6 is 23.1 Å². The number of carbonyl (C=O) groups is 4. The summed E-state index contributed by atoms with van der Waals surface area (Å²) in [6.45, 7) is 3.71. The fraction of sp³-hybridized carbons (Fsp3) is 0.342. The molecule has 11 nitrogen and oxygen atoms in total. The number of nitrogens with zero attached hydrogens (tertiary/aromatic N) is 1. The van der Waals surface area contributed by atoms with Crippen LogP contribution in [0.3, 0.4) is 0 Å². The summed E-state index contributed by atoms with van der Waals surface area (Å²) in [7, 11) is 1.54. The Labute approximate surface area is 301 Å². The van der Waals surface area contributed by atoms with Gasteiger partial charge in [-0.1, -0.05) is 29.5 Å². The number of H-pyrrole nitrogens is 1. The van der Waals surface area contributed by atoms with Crippen molar-refractivity contribution in [1.82, 2.24) is 4.98 Å². The number of aromatic amines is 1. The SMILES string of the molecule is CCOC(=O)c1ccc(N2C(=O)C3C(C2=O)[C@@H]2C[C@H]3C3Sc4[nH]c(=O)sc4[C@H](c4ccc(OCC(=O)Nc5cccc(C)c5)c(OC)c4)C32)cc1. The van der Waals surface area contributed by atoms with Crippen molar-refractivity contribution in [2.24, 2.45) is 29.6 Å². The smallest absolute Gasteiger partial charge is 0.338 e. The Balaban J connectivity index is 1.07. The van der Waals surface area contributed by atoms with E-state index < -0.39 is 17.8 Å². The zero-order valence-electron chi connectivity index (χ0n) is 28.0. The minimum atomic E-state index is -0.481. The van der Waals surface area contributed by atoms with Crippen LogP contribution < -0.4 is 24.6 Å². The number of aryl methyl sites for hydroxylation is 1. The average molecular weight is 726 g/mol. The molecule has 2 aliphatic heterocycles. The Morgan fingerprint density at radius 3 is 2.45 bits per heavy atom. The van der Waals surface area contributed by atoms with Gasteiger partial charge in [0, 0.05) is 21.7 Å². The van der Waals surface area contributed by atoms with E-state index in [0.29, 0.717) is 28.4 Å². The maximum Gasteiger partial charge on any atom is 0.338 e. The van der Waals surface area contributed by atoms with Gasteiger partial charge in [-0.05, 0) is 97.7 Å². The van der Waals surface area contributed by atoms with Gasteiger partial charge in [-0.25, -0.2) is 4.79 Å². The van der Waals surface area contributed by atoms with Crippen LogP contribution in [-0.4, -0.2) is 54.2 Å². The summed E-state index contributed by atoms with van der Waals surface area (Å²) in [6, 6.07) is 19.5. The molecule has 2 saturated carbocycles. The topological polar surface area (TPSA) is 144 Å². The number of methoxy groups -OCH3 is 1. The second kappa shape index (κ2) is 13.0. The van der Waals surface area contributed by atoms with Gasteiger partial charge in [-0.3, -0.25) is 24.1 Å². The molecule has 3 amide bonds. The molecule has 0 radical (unpaired) electrons. The fourth-order valence-corrected chi connectivity index (χ4v) is 11.6. The second-order valence-corrected chi connectivity index (χ2v) is 15.6. The highest BCUT2D eigenvalue weighted by Gasteiger charge is 2.69. The van der Waals surface area contributed by atoms with Crippen molar-refractivity contribution < 1.29 is 33.4 Å². The third kappa shape index (κ3) is 5.63. The van der Waals surface area contributed by atoms with E-state index in [9.17, 15) is 24.0 Å². The van der Waals surface area contributed by atoms with Gasteiger partial charge in [0.2, 0.25) is 11.8 Å². The van der Waals surface area contributed by atoms with E-state index in [1.807, 2.05) is 43.3 Å². The lowest BCUT2D eigenvalue weighted by Crippen LogP contribution is -2.42. The summed E-state index contributed by atoms with van der Waals surface area (Å²) in [5.74, 6) is -1.66. The van der Waals surface area contributed by atoms with Crippen molar-refractivity contribution >= 4 is 58.2 Å². The minimum absolute atomic E-state index is 0.00845. The highest BCUT2D eigenvalue weighted by Crippen LogP contribution is 2.68. The molecule has 2 aliphatic carbocycles. The van der Waals surface area contributed by atoms with Crippen LogP contribution in [0.2, 0.25) is 0 Å². The van der Waals surface area contributed by atoms with Crippen LogP contribution in [0.5, 0.6) is 11.5 Å². The number of aromatic nitrogens is 1. The molecule has 4 aliphatic rings. The summed E-state index contributed by atoms with van der Waals surface area (Å²) in [6.07, 6.45) is 0.745. The zero-order valence-corrected chi connectivity index (χ0v) is 29.7. The predicted octanol–water partition coefficient (Wildman–Crippen LogP) is 5.63. The van der Waals surface area contributed by atoms with Crippen LogP contribution in [0.1, 0.15) is 45.6 Å². The van der Waals surface area contributed by atoms with Gasteiger partial charge in [0.25, 0.3) is 5.91 Å². The van der Waals surface area contributed by atoms with Gasteiger partial charge >= 0.3 is 10.8 Å². The number of anilines is 2. The monoisotopic (exact) mass is 725 g/mol. The standard InChI is InChI=1S/C38H35N3O8S2/c1-4-48-37(45)19-8-11-22(12-9-19)41-35(43)30-23-16-24(31(30)36(41)44)32-29(23)28(33-34(50-32)40-38(46)51-33)20-10-13-25(26(15-20)47-3)49-17-27(42)39-21-7-5-6-18(2)14-21/h5-15,23-24,28-32H,4,16-17H2,1-3H3,(H,39,42)(H,40,46)/t23-,24-,28-,29?,30?,31?,32?/m1/s1.